The predicted molar refractivity (Wildman–Crippen MR) is 118 cm³/mol. The number of unbranched alkanes of at least 4 members (excludes halogenated alkanes) is 1. The van der Waals surface area contributed by atoms with Gasteiger partial charge in [0.05, 0.1) is 52.9 Å². The van der Waals surface area contributed by atoms with Crippen LogP contribution in [0.15, 0.2) is 29.3 Å². The van der Waals surface area contributed by atoms with E-state index in [9.17, 15) is 0 Å². The zero-order valence-electron chi connectivity index (χ0n) is 18.7. The van der Waals surface area contributed by atoms with Gasteiger partial charge in [-0.25, -0.2) is 0 Å². The quantitative estimate of drug-likeness (QED) is 0.604. The lowest BCUT2D eigenvalue weighted by Gasteiger charge is -2.26. The largest absolute Gasteiger partial charge is 0.493 e. The predicted octanol–water partition coefficient (Wildman–Crippen LogP) is 3.22. The van der Waals surface area contributed by atoms with Crippen molar-refractivity contribution in [2.24, 2.45) is 4.99 Å². The monoisotopic (exact) mass is 428 g/mol. The molecule has 0 radical (unpaired) electrons. The Morgan fingerprint density at radius 2 is 2.06 bits per heavy atom. The highest BCUT2D eigenvalue weighted by Gasteiger charge is 2.23. The van der Waals surface area contributed by atoms with Gasteiger partial charge in [0, 0.05) is 29.8 Å². The zero-order valence-corrected chi connectivity index (χ0v) is 18.7. The zero-order chi connectivity index (χ0) is 21.6. The summed E-state index contributed by atoms with van der Waals surface area (Å²) >= 11 is 0. The molecule has 0 N–H and O–H groups in total. The first-order valence-corrected chi connectivity index (χ1v) is 11.1. The number of hydrogen-bond donors (Lipinski definition) is 0. The number of methoxy groups -OCH3 is 2. The first-order chi connectivity index (χ1) is 15.2. The van der Waals surface area contributed by atoms with Gasteiger partial charge in [-0.05, 0) is 25.0 Å². The Hall–Kier alpha value is -2.51. The second-order valence-electron chi connectivity index (χ2n) is 7.77. The molecule has 2 aromatic rings. The lowest BCUT2D eigenvalue weighted by atomic mass is 9.95. The van der Waals surface area contributed by atoms with E-state index in [1.807, 2.05) is 12.1 Å². The molecule has 0 saturated carbocycles. The van der Waals surface area contributed by atoms with E-state index >= 15 is 0 Å². The summed E-state index contributed by atoms with van der Waals surface area (Å²) in [6, 6.07) is 8.20. The molecule has 1 aromatic heterocycles. The van der Waals surface area contributed by atoms with Crippen molar-refractivity contribution in [3.8, 4) is 28.5 Å². The summed E-state index contributed by atoms with van der Waals surface area (Å²) in [5.41, 5.74) is 4.26. The van der Waals surface area contributed by atoms with Gasteiger partial charge in [0.25, 0.3) is 0 Å². The molecule has 1 fully saturated rings. The first kappa shape index (κ1) is 21.7. The third-order valence-electron chi connectivity index (χ3n) is 5.74. The lowest BCUT2D eigenvalue weighted by Crippen LogP contribution is -2.33. The maximum absolute atomic E-state index is 6.08. The van der Waals surface area contributed by atoms with Crippen molar-refractivity contribution in [2.75, 3.05) is 47.2 Å². The van der Waals surface area contributed by atoms with E-state index in [1.54, 1.807) is 14.2 Å². The van der Waals surface area contributed by atoms with Crippen LogP contribution in [0, 0.1) is 0 Å². The average Bonchev–Trinajstić information content (AvgIpc) is 2.82. The standard InChI is InChI=1S/C24H32N2O5/c1-4-5-10-30-17-13-21-19-6-7-22(27-2)24(28-3)20(19)8-9-26(21)23(14-17)25-15-18-16-29-11-12-31-18/h6-7,13-14,18H,4-5,8-12,15-16H2,1-3H3. The van der Waals surface area contributed by atoms with Gasteiger partial charge in [0.1, 0.15) is 17.3 Å². The van der Waals surface area contributed by atoms with E-state index in [0.29, 0.717) is 33.0 Å². The number of rotatable bonds is 8. The summed E-state index contributed by atoms with van der Waals surface area (Å²) in [6.45, 7) is 6.10. The summed E-state index contributed by atoms with van der Waals surface area (Å²) in [5, 5.41) is 0. The molecule has 3 heterocycles. The molecule has 2 aliphatic heterocycles. The van der Waals surface area contributed by atoms with Gasteiger partial charge < -0.3 is 28.3 Å². The van der Waals surface area contributed by atoms with E-state index in [2.05, 4.69) is 23.6 Å². The summed E-state index contributed by atoms with van der Waals surface area (Å²) in [5.74, 6) is 2.39. The molecule has 0 aliphatic carbocycles. The van der Waals surface area contributed by atoms with Crippen LogP contribution in [0.3, 0.4) is 0 Å². The number of aromatic nitrogens is 1. The Morgan fingerprint density at radius 1 is 1.16 bits per heavy atom. The highest BCUT2D eigenvalue weighted by Crippen LogP contribution is 2.41. The molecule has 2 aliphatic rings. The van der Waals surface area contributed by atoms with Gasteiger partial charge in [0.15, 0.2) is 11.5 Å². The van der Waals surface area contributed by atoms with Gasteiger partial charge in [0.2, 0.25) is 0 Å². The molecule has 1 atom stereocenters. The highest BCUT2D eigenvalue weighted by atomic mass is 16.6. The van der Waals surface area contributed by atoms with Crippen LogP contribution in [0.25, 0.3) is 11.3 Å². The third-order valence-corrected chi connectivity index (χ3v) is 5.74. The number of ether oxygens (including phenoxy) is 5. The molecular formula is C24H32N2O5. The van der Waals surface area contributed by atoms with Crippen molar-refractivity contribution in [1.82, 2.24) is 4.57 Å². The van der Waals surface area contributed by atoms with E-state index in [1.165, 1.54) is 0 Å². The van der Waals surface area contributed by atoms with Crippen LogP contribution in [-0.2, 0) is 22.4 Å². The molecule has 31 heavy (non-hydrogen) atoms. The van der Waals surface area contributed by atoms with Crippen molar-refractivity contribution in [3.63, 3.8) is 0 Å². The van der Waals surface area contributed by atoms with Crippen LogP contribution in [-0.4, -0.2) is 57.9 Å². The molecule has 7 heteroatoms. The van der Waals surface area contributed by atoms with Crippen molar-refractivity contribution in [3.05, 3.63) is 35.3 Å². The topological polar surface area (TPSA) is 63.4 Å². The number of hydrogen-bond acceptors (Lipinski definition) is 6. The van der Waals surface area contributed by atoms with Crippen LogP contribution in [0.1, 0.15) is 25.3 Å². The van der Waals surface area contributed by atoms with Crippen LogP contribution >= 0.6 is 0 Å². The Kier molecular flexibility index (Phi) is 7.14. The molecule has 1 aromatic carbocycles. The van der Waals surface area contributed by atoms with Crippen molar-refractivity contribution in [1.29, 1.82) is 0 Å². The van der Waals surface area contributed by atoms with Gasteiger partial charge in [-0.3, -0.25) is 4.99 Å². The van der Waals surface area contributed by atoms with Gasteiger partial charge in [-0.1, -0.05) is 13.3 Å². The molecule has 0 bridgehead atoms. The fourth-order valence-corrected chi connectivity index (χ4v) is 4.13. The Morgan fingerprint density at radius 3 is 2.81 bits per heavy atom. The van der Waals surface area contributed by atoms with Crippen molar-refractivity contribution in [2.45, 2.75) is 38.8 Å². The number of fused-ring (bicyclic) bond motifs is 3. The van der Waals surface area contributed by atoms with Gasteiger partial charge in [-0.2, -0.15) is 0 Å². The number of benzene rings is 1. The Balaban J connectivity index is 1.76. The molecule has 0 amide bonds. The fourth-order valence-electron chi connectivity index (χ4n) is 4.13. The number of nitrogens with zero attached hydrogens (tertiary/aromatic N) is 2. The summed E-state index contributed by atoms with van der Waals surface area (Å²) < 4.78 is 30.8. The van der Waals surface area contributed by atoms with E-state index in [0.717, 1.165) is 65.4 Å². The molecule has 0 spiro atoms. The summed E-state index contributed by atoms with van der Waals surface area (Å²) in [7, 11) is 3.36. The van der Waals surface area contributed by atoms with E-state index in [-0.39, 0.29) is 6.10 Å². The normalized spacial score (nSPS) is 18.3. The average molecular weight is 429 g/mol. The highest BCUT2D eigenvalue weighted by molar-refractivity contribution is 5.72. The molecule has 4 rings (SSSR count). The SMILES string of the molecule is CCCCOc1cc2n(c(=NCC3COCCO3)c1)CCc1c-2ccc(OC)c1OC. The van der Waals surface area contributed by atoms with E-state index in [4.69, 9.17) is 28.7 Å². The van der Waals surface area contributed by atoms with Crippen LogP contribution in [0.2, 0.25) is 0 Å². The minimum absolute atomic E-state index is 0.00472. The lowest BCUT2D eigenvalue weighted by molar-refractivity contribution is -0.0835. The number of pyridine rings is 1. The molecule has 1 saturated heterocycles. The minimum atomic E-state index is -0.00472. The molecule has 168 valence electrons. The first-order valence-electron chi connectivity index (χ1n) is 11.1. The summed E-state index contributed by atoms with van der Waals surface area (Å²) in [4.78, 5) is 4.90. The molecule has 7 nitrogen and oxygen atoms in total. The van der Waals surface area contributed by atoms with Gasteiger partial charge >= 0.3 is 0 Å². The van der Waals surface area contributed by atoms with Crippen LogP contribution in [0.5, 0.6) is 17.2 Å². The van der Waals surface area contributed by atoms with Crippen LogP contribution < -0.4 is 19.7 Å². The smallest absolute Gasteiger partial charge is 0.164 e. The van der Waals surface area contributed by atoms with Crippen molar-refractivity contribution < 1.29 is 23.7 Å². The third kappa shape index (κ3) is 4.72. The van der Waals surface area contributed by atoms with Crippen molar-refractivity contribution >= 4 is 0 Å². The van der Waals surface area contributed by atoms with Gasteiger partial charge in [-0.15, -0.1) is 0 Å². The minimum Gasteiger partial charge on any atom is -0.493 e. The summed E-state index contributed by atoms with van der Waals surface area (Å²) in [6.07, 6.45) is 2.95. The Labute approximate surface area is 183 Å². The van der Waals surface area contributed by atoms with Crippen LogP contribution in [0.4, 0.5) is 0 Å². The second-order valence-corrected chi connectivity index (χ2v) is 7.77. The molecular weight excluding hydrogens is 396 g/mol. The molecule has 1 unspecified atom stereocenters. The fraction of sp³-hybridized carbons (Fsp3) is 0.542. The maximum atomic E-state index is 6.08. The van der Waals surface area contributed by atoms with E-state index < -0.39 is 0 Å². The second kappa shape index (κ2) is 10.2. The maximum Gasteiger partial charge on any atom is 0.164 e. The Bertz CT molecular complexity index is 963.